The maximum atomic E-state index is 11.9. The molecular formula is C16H32N2O4. The second kappa shape index (κ2) is 10.3. The molecule has 0 fully saturated rings. The molecule has 0 bridgehead atoms. The zero-order valence-electron chi connectivity index (χ0n) is 15.0. The highest BCUT2D eigenvalue weighted by molar-refractivity contribution is 5.67. The molecule has 22 heavy (non-hydrogen) atoms. The monoisotopic (exact) mass is 316 g/mol. The van der Waals surface area contributed by atoms with Gasteiger partial charge in [-0.1, -0.05) is 20.8 Å². The van der Waals surface area contributed by atoms with Gasteiger partial charge in [0.05, 0.1) is 0 Å². The fourth-order valence-corrected chi connectivity index (χ4v) is 1.71. The van der Waals surface area contributed by atoms with Crippen LogP contribution in [-0.2, 0) is 9.47 Å². The molecule has 3 unspecified atom stereocenters. The summed E-state index contributed by atoms with van der Waals surface area (Å²) >= 11 is 0. The Morgan fingerprint density at radius 3 is 2.14 bits per heavy atom. The van der Waals surface area contributed by atoms with E-state index in [1.807, 2.05) is 34.6 Å². The van der Waals surface area contributed by atoms with Crippen molar-refractivity contribution in [1.29, 1.82) is 0 Å². The minimum Gasteiger partial charge on any atom is -0.446 e. The van der Waals surface area contributed by atoms with Crippen molar-refractivity contribution < 1.29 is 19.1 Å². The number of nitrogens with zero attached hydrogens (tertiary/aromatic N) is 1. The molecule has 0 heterocycles. The normalized spacial score (nSPS) is 14.9. The van der Waals surface area contributed by atoms with Gasteiger partial charge in [0.2, 0.25) is 0 Å². The van der Waals surface area contributed by atoms with Gasteiger partial charge in [0.25, 0.3) is 0 Å². The van der Waals surface area contributed by atoms with E-state index in [-0.39, 0.29) is 24.2 Å². The summed E-state index contributed by atoms with van der Waals surface area (Å²) in [6.45, 7) is 10.5. The summed E-state index contributed by atoms with van der Waals surface area (Å²) in [4.78, 5) is 24.6. The SMILES string of the molecule is CNC(=O)OC(C)C(C)CCCN(C)C(=O)OC(C)C(C)C. The minimum absolute atomic E-state index is 0.0881. The summed E-state index contributed by atoms with van der Waals surface area (Å²) in [5.74, 6) is 0.538. The van der Waals surface area contributed by atoms with Gasteiger partial charge in [-0.05, 0) is 38.5 Å². The molecule has 2 amide bonds. The van der Waals surface area contributed by atoms with Crippen molar-refractivity contribution >= 4 is 12.2 Å². The molecule has 0 aromatic carbocycles. The lowest BCUT2D eigenvalue weighted by molar-refractivity contribution is 0.0545. The zero-order valence-corrected chi connectivity index (χ0v) is 15.0. The van der Waals surface area contributed by atoms with Gasteiger partial charge < -0.3 is 19.7 Å². The van der Waals surface area contributed by atoms with E-state index in [9.17, 15) is 9.59 Å². The Balaban J connectivity index is 4.02. The number of carbonyl (C=O) groups is 2. The van der Waals surface area contributed by atoms with Crippen molar-refractivity contribution in [3.8, 4) is 0 Å². The summed E-state index contributed by atoms with van der Waals surface area (Å²) in [5, 5.41) is 2.44. The molecule has 0 radical (unpaired) electrons. The van der Waals surface area contributed by atoms with E-state index in [4.69, 9.17) is 9.47 Å². The van der Waals surface area contributed by atoms with E-state index < -0.39 is 6.09 Å². The Hall–Kier alpha value is -1.46. The van der Waals surface area contributed by atoms with E-state index in [1.165, 1.54) is 0 Å². The second-order valence-electron chi connectivity index (χ2n) is 6.23. The molecule has 0 spiro atoms. The van der Waals surface area contributed by atoms with Gasteiger partial charge in [0.1, 0.15) is 12.2 Å². The average Bonchev–Trinajstić information content (AvgIpc) is 2.46. The molecule has 1 N–H and O–H groups in total. The number of ether oxygens (including phenoxy) is 2. The molecule has 0 aliphatic rings. The molecule has 6 nitrogen and oxygen atoms in total. The Bertz CT molecular complexity index is 347. The Kier molecular flexibility index (Phi) is 9.61. The maximum absolute atomic E-state index is 11.9. The summed E-state index contributed by atoms with van der Waals surface area (Å²) in [7, 11) is 3.28. The number of carbonyl (C=O) groups excluding carboxylic acids is 2. The Morgan fingerprint density at radius 2 is 1.64 bits per heavy atom. The van der Waals surface area contributed by atoms with Crippen molar-refractivity contribution in [2.24, 2.45) is 11.8 Å². The minimum atomic E-state index is -0.414. The predicted octanol–water partition coefficient (Wildman–Crippen LogP) is 3.26. The van der Waals surface area contributed by atoms with E-state index in [0.717, 1.165) is 12.8 Å². The van der Waals surface area contributed by atoms with Crippen LogP contribution in [0.4, 0.5) is 9.59 Å². The summed E-state index contributed by atoms with van der Waals surface area (Å²) < 4.78 is 10.5. The van der Waals surface area contributed by atoms with Gasteiger partial charge in [0.15, 0.2) is 0 Å². The zero-order chi connectivity index (χ0) is 17.3. The Labute approximate surface area is 134 Å². The molecule has 0 aromatic heterocycles. The fraction of sp³-hybridized carbons (Fsp3) is 0.875. The number of rotatable bonds is 8. The third kappa shape index (κ3) is 8.10. The number of hydrogen-bond donors (Lipinski definition) is 1. The Morgan fingerprint density at radius 1 is 1.05 bits per heavy atom. The largest absolute Gasteiger partial charge is 0.446 e. The predicted molar refractivity (Wildman–Crippen MR) is 86.8 cm³/mol. The maximum Gasteiger partial charge on any atom is 0.409 e. The van der Waals surface area contributed by atoms with Gasteiger partial charge in [0, 0.05) is 20.6 Å². The molecule has 0 aliphatic heterocycles. The van der Waals surface area contributed by atoms with Crippen LogP contribution in [0.15, 0.2) is 0 Å². The molecule has 0 aliphatic carbocycles. The molecule has 6 heteroatoms. The van der Waals surface area contributed by atoms with Crippen molar-refractivity contribution in [3.63, 3.8) is 0 Å². The summed E-state index contributed by atoms with van der Waals surface area (Å²) in [5.41, 5.74) is 0. The van der Waals surface area contributed by atoms with Gasteiger partial charge in [-0.2, -0.15) is 0 Å². The molecule has 3 atom stereocenters. The van der Waals surface area contributed by atoms with Crippen LogP contribution in [0.25, 0.3) is 0 Å². The number of amides is 2. The third-order valence-electron chi connectivity index (χ3n) is 3.99. The first-order chi connectivity index (χ1) is 10.2. The van der Waals surface area contributed by atoms with E-state index >= 15 is 0 Å². The van der Waals surface area contributed by atoms with E-state index in [2.05, 4.69) is 5.32 Å². The van der Waals surface area contributed by atoms with Crippen molar-refractivity contribution in [3.05, 3.63) is 0 Å². The average molecular weight is 316 g/mol. The van der Waals surface area contributed by atoms with Crippen molar-refractivity contribution in [2.75, 3.05) is 20.6 Å². The lowest BCUT2D eigenvalue weighted by Crippen LogP contribution is -2.33. The van der Waals surface area contributed by atoms with Crippen LogP contribution in [0.2, 0.25) is 0 Å². The van der Waals surface area contributed by atoms with Crippen LogP contribution in [0, 0.1) is 11.8 Å². The number of nitrogens with one attached hydrogen (secondary N) is 1. The number of hydrogen-bond acceptors (Lipinski definition) is 4. The highest BCUT2D eigenvalue weighted by atomic mass is 16.6. The van der Waals surface area contributed by atoms with Crippen LogP contribution >= 0.6 is 0 Å². The second-order valence-corrected chi connectivity index (χ2v) is 6.23. The lowest BCUT2D eigenvalue weighted by atomic mass is 10.00. The van der Waals surface area contributed by atoms with E-state index in [1.54, 1.807) is 19.0 Å². The van der Waals surface area contributed by atoms with Crippen LogP contribution in [-0.4, -0.2) is 49.9 Å². The molecule has 0 aromatic rings. The van der Waals surface area contributed by atoms with Crippen molar-refractivity contribution in [1.82, 2.24) is 10.2 Å². The number of alkyl carbamates (subject to hydrolysis) is 1. The molecular weight excluding hydrogens is 284 g/mol. The van der Waals surface area contributed by atoms with Crippen LogP contribution in [0.3, 0.4) is 0 Å². The first-order valence-corrected chi connectivity index (χ1v) is 7.99. The fourth-order valence-electron chi connectivity index (χ4n) is 1.71. The van der Waals surface area contributed by atoms with Crippen LogP contribution in [0.5, 0.6) is 0 Å². The smallest absolute Gasteiger partial charge is 0.409 e. The molecule has 130 valence electrons. The topological polar surface area (TPSA) is 67.9 Å². The first-order valence-electron chi connectivity index (χ1n) is 7.99. The van der Waals surface area contributed by atoms with Gasteiger partial charge in [-0.3, -0.25) is 0 Å². The van der Waals surface area contributed by atoms with Crippen LogP contribution in [0.1, 0.15) is 47.5 Å². The van der Waals surface area contributed by atoms with Gasteiger partial charge in [-0.15, -0.1) is 0 Å². The highest BCUT2D eigenvalue weighted by Gasteiger charge is 2.18. The summed E-state index contributed by atoms with van der Waals surface area (Å²) in [6, 6.07) is 0. The quantitative estimate of drug-likeness (QED) is 0.746. The molecule has 0 saturated carbocycles. The van der Waals surface area contributed by atoms with Crippen LogP contribution < -0.4 is 5.32 Å². The molecule has 0 rings (SSSR count). The lowest BCUT2D eigenvalue weighted by Gasteiger charge is -2.24. The first kappa shape index (κ1) is 20.5. The standard InChI is InChI=1S/C16H32N2O4/c1-11(2)13(4)22-16(20)18(7)10-8-9-12(3)14(5)21-15(19)17-6/h11-14H,8-10H2,1-7H3,(H,17,19). The summed E-state index contributed by atoms with van der Waals surface area (Å²) in [6.07, 6.45) is 0.763. The van der Waals surface area contributed by atoms with Gasteiger partial charge in [-0.25, -0.2) is 9.59 Å². The van der Waals surface area contributed by atoms with E-state index in [0.29, 0.717) is 12.5 Å². The van der Waals surface area contributed by atoms with Gasteiger partial charge >= 0.3 is 12.2 Å². The van der Waals surface area contributed by atoms with Crippen molar-refractivity contribution in [2.45, 2.75) is 59.7 Å². The molecule has 0 saturated heterocycles. The highest BCUT2D eigenvalue weighted by Crippen LogP contribution is 2.14. The third-order valence-corrected chi connectivity index (χ3v) is 3.99.